The van der Waals surface area contributed by atoms with Crippen molar-refractivity contribution in [2.45, 2.75) is 452 Å². The lowest BCUT2D eigenvalue weighted by atomic mass is 9.96. The maximum atomic E-state index is 13.5. The zero-order valence-electron chi connectivity index (χ0n) is 64.8. The zero-order valence-corrected chi connectivity index (χ0v) is 64.8. The van der Waals surface area contributed by atoms with Gasteiger partial charge in [-0.25, -0.2) is 0 Å². The molecule has 3 saturated heterocycles. The molecular formula is C84H155NO18. The van der Waals surface area contributed by atoms with E-state index in [0.717, 1.165) is 70.6 Å². The van der Waals surface area contributed by atoms with Crippen LogP contribution in [0.1, 0.15) is 348 Å². The Bertz CT molecular complexity index is 2050. The number of allylic oxidation sites excluding steroid dienone is 7. The number of amides is 1. The van der Waals surface area contributed by atoms with Crippen molar-refractivity contribution < 1.29 is 89.4 Å². The van der Waals surface area contributed by atoms with Crippen LogP contribution in [0.2, 0.25) is 0 Å². The molecule has 3 aliphatic heterocycles. The number of carbonyl (C=O) groups excluding carboxylic acids is 1. The fourth-order valence-electron chi connectivity index (χ4n) is 14.3. The van der Waals surface area contributed by atoms with Crippen molar-refractivity contribution in [2.75, 3.05) is 26.4 Å². The van der Waals surface area contributed by atoms with Crippen LogP contribution in [0.4, 0.5) is 0 Å². The first-order valence-electron chi connectivity index (χ1n) is 42.4. The van der Waals surface area contributed by atoms with Gasteiger partial charge in [-0.05, 0) is 57.8 Å². The molecule has 0 spiro atoms. The molecule has 604 valence electrons. The van der Waals surface area contributed by atoms with Crippen LogP contribution in [0, 0.1) is 0 Å². The number of hydrogen-bond donors (Lipinski definition) is 12. The van der Waals surface area contributed by atoms with Crippen LogP contribution in [0.25, 0.3) is 0 Å². The molecule has 0 aromatic carbocycles. The summed E-state index contributed by atoms with van der Waals surface area (Å²) in [7, 11) is 0. The van der Waals surface area contributed by atoms with Crippen LogP contribution < -0.4 is 5.32 Å². The predicted octanol–water partition coefficient (Wildman–Crippen LogP) is 14.8. The molecule has 3 aliphatic rings. The SMILES string of the molecule is CCCCCCC/C=C\C/C=C\C/C=C\CCCCCCCCCCCCC(=O)NC(COC1OC(CO)C(OC2OC(CO)C(OC3OC(CO)C(O)C(O)C3O)C(O)C2O)C(O)C1O)C(O)/C=C/CCCCCCCCCCCCCCCCCCCCCCCCCCCCCCCCC. The van der Waals surface area contributed by atoms with Gasteiger partial charge in [-0.1, -0.05) is 332 Å². The Hall–Kier alpha value is -2.25. The lowest BCUT2D eigenvalue weighted by Gasteiger charge is -2.48. The van der Waals surface area contributed by atoms with E-state index >= 15 is 0 Å². The summed E-state index contributed by atoms with van der Waals surface area (Å²) in [6.45, 7) is 1.77. The molecule has 3 fully saturated rings. The topological polar surface area (TPSA) is 307 Å². The number of rotatable bonds is 68. The number of nitrogens with one attached hydrogen (secondary N) is 1. The molecule has 17 atom stereocenters. The van der Waals surface area contributed by atoms with Gasteiger partial charge in [-0.15, -0.1) is 0 Å². The van der Waals surface area contributed by atoms with Gasteiger partial charge in [-0.3, -0.25) is 4.79 Å². The van der Waals surface area contributed by atoms with Crippen molar-refractivity contribution in [1.82, 2.24) is 5.32 Å². The highest BCUT2D eigenvalue weighted by atomic mass is 16.8. The highest BCUT2D eigenvalue weighted by Gasteiger charge is 2.54. The minimum Gasteiger partial charge on any atom is -0.394 e. The molecule has 0 aromatic rings. The maximum absolute atomic E-state index is 13.5. The van der Waals surface area contributed by atoms with Crippen molar-refractivity contribution >= 4 is 5.91 Å². The molecule has 12 N–H and O–H groups in total. The quantitative estimate of drug-likeness (QED) is 0.0199. The van der Waals surface area contributed by atoms with Gasteiger partial charge >= 0.3 is 0 Å². The Morgan fingerprint density at radius 1 is 0.350 bits per heavy atom. The van der Waals surface area contributed by atoms with Crippen molar-refractivity contribution in [3.63, 3.8) is 0 Å². The van der Waals surface area contributed by atoms with Crippen LogP contribution >= 0.6 is 0 Å². The summed E-state index contributed by atoms with van der Waals surface area (Å²) in [5.41, 5.74) is 0. The van der Waals surface area contributed by atoms with Crippen LogP contribution in [0.3, 0.4) is 0 Å². The van der Waals surface area contributed by atoms with Crippen molar-refractivity contribution in [2.24, 2.45) is 0 Å². The third-order valence-corrected chi connectivity index (χ3v) is 21.1. The van der Waals surface area contributed by atoms with E-state index in [1.807, 2.05) is 6.08 Å². The summed E-state index contributed by atoms with van der Waals surface area (Å²) in [5.74, 6) is -0.276. The average molecular weight is 1470 g/mol. The van der Waals surface area contributed by atoms with Gasteiger partial charge in [0.05, 0.1) is 38.6 Å². The lowest BCUT2D eigenvalue weighted by Crippen LogP contribution is -2.66. The third kappa shape index (κ3) is 44.3. The second-order valence-corrected chi connectivity index (χ2v) is 30.3. The van der Waals surface area contributed by atoms with E-state index in [2.05, 4.69) is 55.6 Å². The molecule has 0 bridgehead atoms. The monoisotopic (exact) mass is 1470 g/mol. The number of aliphatic hydroxyl groups excluding tert-OH is 11. The van der Waals surface area contributed by atoms with Gasteiger partial charge in [0.25, 0.3) is 0 Å². The van der Waals surface area contributed by atoms with Gasteiger partial charge in [0.2, 0.25) is 5.91 Å². The predicted molar refractivity (Wildman–Crippen MR) is 411 cm³/mol. The molecule has 17 unspecified atom stereocenters. The average Bonchev–Trinajstić information content (AvgIpc) is 0.781. The van der Waals surface area contributed by atoms with Crippen LogP contribution in [0.5, 0.6) is 0 Å². The van der Waals surface area contributed by atoms with Gasteiger partial charge in [0.15, 0.2) is 18.9 Å². The highest BCUT2D eigenvalue weighted by Crippen LogP contribution is 2.33. The summed E-state index contributed by atoms with van der Waals surface area (Å²) in [6.07, 6.45) is 55.3. The third-order valence-electron chi connectivity index (χ3n) is 21.1. The summed E-state index contributed by atoms with van der Waals surface area (Å²) in [4.78, 5) is 13.5. The van der Waals surface area contributed by atoms with Gasteiger partial charge < -0.3 is 89.9 Å². The Labute approximate surface area is 624 Å². The van der Waals surface area contributed by atoms with E-state index in [1.54, 1.807) is 6.08 Å². The Morgan fingerprint density at radius 2 is 0.641 bits per heavy atom. The van der Waals surface area contributed by atoms with Gasteiger partial charge in [0, 0.05) is 6.42 Å². The first-order chi connectivity index (χ1) is 50.3. The number of hydrogen-bond acceptors (Lipinski definition) is 18. The normalized spacial score (nSPS) is 26.2. The summed E-state index contributed by atoms with van der Waals surface area (Å²) < 4.78 is 34.5. The fraction of sp³-hybridized carbons (Fsp3) is 0.893. The van der Waals surface area contributed by atoms with E-state index < -0.39 is 124 Å². The van der Waals surface area contributed by atoms with Crippen LogP contribution in [-0.2, 0) is 33.2 Å². The molecule has 103 heavy (non-hydrogen) atoms. The summed E-state index contributed by atoms with van der Waals surface area (Å²) in [6, 6.07) is -0.979. The molecule has 3 rings (SSSR count). The Balaban J connectivity index is 1.36. The number of carbonyl (C=O) groups is 1. The molecular weight excluding hydrogens is 1310 g/mol. The number of unbranched alkanes of at least 4 members (excludes halogenated alkanes) is 46. The van der Waals surface area contributed by atoms with Crippen molar-refractivity contribution in [3.05, 3.63) is 48.6 Å². The maximum Gasteiger partial charge on any atom is 0.220 e. The standard InChI is InChI=1S/C84H155NO18/c1-3-5-7-9-11-13-15-17-19-21-23-25-27-29-30-31-32-33-34-35-36-38-39-41-43-45-47-49-51-53-55-57-59-61-68(89)67(85-72(90)62-60-58-56-54-52-50-48-46-44-42-40-37-28-26-24-22-20-18-16-14-12-10-8-6-4-2)66-98-82-78(96)75(93)80(70(64-87)100-82)103-84-79(97)76(94)81(71(65-88)101-84)102-83-77(95)74(92)73(91)69(63-86)99-83/h16,18,22,24,28,37,59,61,67-71,73-84,86-89,91-97H,3-15,17,19-21,23,25-27,29-36,38-58,60,62-66H2,1-2H3,(H,85,90)/b18-16-,24-22-,37-28-,61-59+. The van der Waals surface area contributed by atoms with E-state index in [1.165, 1.54) is 250 Å². The molecule has 0 saturated carbocycles. The lowest BCUT2D eigenvalue weighted by molar-refractivity contribution is -0.379. The minimum atomic E-state index is -1.98. The molecule has 19 heteroatoms. The largest absolute Gasteiger partial charge is 0.394 e. The fourth-order valence-corrected chi connectivity index (χ4v) is 14.3. The molecule has 3 heterocycles. The Morgan fingerprint density at radius 3 is 1.00 bits per heavy atom. The van der Waals surface area contributed by atoms with E-state index in [-0.39, 0.29) is 18.9 Å². The van der Waals surface area contributed by atoms with Gasteiger partial charge in [0.1, 0.15) is 73.2 Å². The first kappa shape index (κ1) is 95.0. The zero-order chi connectivity index (χ0) is 74.6. The Kier molecular flexibility index (Phi) is 59.5. The van der Waals surface area contributed by atoms with E-state index in [4.69, 9.17) is 28.4 Å². The highest BCUT2D eigenvalue weighted by molar-refractivity contribution is 5.76. The van der Waals surface area contributed by atoms with E-state index in [0.29, 0.717) is 6.42 Å². The number of ether oxygens (including phenoxy) is 6. The molecule has 19 nitrogen and oxygen atoms in total. The van der Waals surface area contributed by atoms with Crippen molar-refractivity contribution in [3.8, 4) is 0 Å². The molecule has 0 radical (unpaired) electrons. The molecule has 0 aromatic heterocycles. The van der Waals surface area contributed by atoms with Crippen LogP contribution in [0.15, 0.2) is 48.6 Å². The summed E-state index contributed by atoms with van der Waals surface area (Å²) in [5, 5.41) is 121. The first-order valence-corrected chi connectivity index (χ1v) is 42.4. The second-order valence-electron chi connectivity index (χ2n) is 30.3. The molecule has 1 amide bonds. The second kappa shape index (κ2) is 64.6. The number of aliphatic hydroxyl groups is 11. The van der Waals surface area contributed by atoms with E-state index in [9.17, 15) is 61.0 Å². The smallest absolute Gasteiger partial charge is 0.220 e. The minimum absolute atomic E-state index is 0.239. The summed E-state index contributed by atoms with van der Waals surface area (Å²) >= 11 is 0. The van der Waals surface area contributed by atoms with Crippen LogP contribution in [-0.4, -0.2) is 193 Å². The van der Waals surface area contributed by atoms with Crippen molar-refractivity contribution in [1.29, 1.82) is 0 Å². The van der Waals surface area contributed by atoms with Gasteiger partial charge in [-0.2, -0.15) is 0 Å². The molecule has 0 aliphatic carbocycles.